The van der Waals surface area contributed by atoms with Gasteiger partial charge in [-0.25, -0.2) is 0 Å². The van der Waals surface area contributed by atoms with E-state index >= 15 is 0 Å². The van der Waals surface area contributed by atoms with Crippen molar-refractivity contribution in [2.45, 2.75) is 12.1 Å². The van der Waals surface area contributed by atoms with E-state index in [1.165, 1.54) is 6.08 Å². The summed E-state index contributed by atoms with van der Waals surface area (Å²) < 4.78 is 31.6. The Hall–Kier alpha value is -0.930. The van der Waals surface area contributed by atoms with Crippen molar-refractivity contribution in [3.8, 4) is 0 Å². The van der Waals surface area contributed by atoms with Gasteiger partial charge in [-0.05, 0) is 12.2 Å². The molecule has 14 heavy (non-hydrogen) atoms. The summed E-state index contributed by atoms with van der Waals surface area (Å²) in [4.78, 5) is 0. The van der Waals surface area contributed by atoms with E-state index in [4.69, 9.17) is 34.1 Å². The molecule has 82 valence electrons. The van der Waals surface area contributed by atoms with E-state index in [1.54, 1.807) is 12.2 Å². The number of hydrogen-bond donors (Lipinski definition) is 5. The van der Waals surface area contributed by atoms with E-state index in [9.17, 15) is 0 Å². The van der Waals surface area contributed by atoms with Crippen LogP contribution in [0.2, 0.25) is 0 Å². The average molecular weight is 224 g/mol. The molecule has 1 unspecified atom stereocenters. The Bertz CT molecular complexity index is 335. The van der Waals surface area contributed by atoms with Gasteiger partial charge in [0.1, 0.15) is 5.72 Å². The fourth-order valence-electron chi connectivity index (χ4n) is 0.658. The van der Waals surface area contributed by atoms with Gasteiger partial charge in [0.15, 0.2) is 0 Å². The number of hydrogen-bond acceptors (Lipinski definition) is 5. The number of rotatable bonds is 0. The SMILES string of the molecule is NC1=CCC(N)(O)C=C1.O=S(=O)(O)O. The molecule has 1 rings (SSSR count). The Balaban J connectivity index is 0.000000292. The minimum absolute atomic E-state index is 0.398. The van der Waals surface area contributed by atoms with Crippen LogP contribution in [0.4, 0.5) is 0 Å². The maximum atomic E-state index is 9.08. The lowest BCUT2D eigenvalue weighted by atomic mass is 10.0. The molecule has 0 bridgehead atoms. The first-order valence-corrected chi connectivity index (χ1v) is 4.86. The third-order valence-electron chi connectivity index (χ3n) is 1.23. The van der Waals surface area contributed by atoms with E-state index in [0.29, 0.717) is 12.1 Å². The summed E-state index contributed by atoms with van der Waals surface area (Å²) in [5.41, 5.74) is 10.2. The fraction of sp³-hybridized carbons (Fsp3) is 0.333. The van der Waals surface area contributed by atoms with Gasteiger partial charge in [0.2, 0.25) is 0 Å². The van der Waals surface area contributed by atoms with Gasteiger partial charge < -0.3 is 16.6 Å². The van der Waals surface area contributed by atoms with Crippen LogP contribution < -0.4 is 11.5 Å². The molecule has 1 aliphatic carbocycles. The summed E-state index contributed by atoms with van der Waals surface area (Å²) in [5, 5.41) is 9.08. The minimum atomic E-state index is -4.67. The molecule has 7 N–H and O–H groups in total. The van der Waals surface area contributed by atoms with E-state index in [2.05, 4.69) is 0 Å². The zero-order valence-corrected chi connectivity index (χ0v) is 7.98. The number of aliphatic hydroxyl groups is 1. The van der Waals surface area contributed by atoms with Crippen LogP contribution in [-0.2, 0) is 10.4 Å². The molecular formula is C6H12N2O5S. The standard InChI is InChI=1S/C6H10N2O.H2O4S/c7-5-1-3-6(8,9)4-2-5;1-5(2,3)4/h1-3,9H,4,7-8H2;(H2,1,2,3,4). The van der Waals surface area contributed by atoms with Crippen molar-refractivity contribution in [1.29, 1.82) is 0 Å². The molecule has 8 heteroatoms. The summed E-state index contributed by atoms with van der Waals surface area (Å²) >= 11 is 0. The summed E-state index contributed by atoms with van der Waals surface area (Å²) in [6.45, 7) is 0. The molecule has 0 aromatic carbocycles. The van der Waals surface area contributed by atoms with Crippen molar-refractivity contribution < 1.29 is 22.6 Å². The fourth-order valence-corrected chi connectivity index (χ4v) is 0.658. The summed E-state index contributed by atoms with van der Waals surface area (Å²) in [6, 6.07) is 0. The smallest absolute Gasteiger partial charge is 0.394 e. The Morgan fingerprint density at radius 2 is 1.86 bits per heavy atom. The molecular weight excluding hydrogens is 212 g/mol. The predicted octanol–water partition coefficient (Wildman–Crippen LogP) is -1.22. The molecule has 0 aromatic rings. The van der Waals surface area contributed by atoms with Crippen LogP contribution in [0, 0.1) is 0 Å². The highest BCUT2D eigenvalue weighted by atomic mass is 32.3. The molecule has 0 radical (unpaired) electrons. The van der Waals surface area contributed by atoms with Gasteiger partial charge in [0.25, 0.3) is 0 Å². The molecule has 1 atom stereocenters. The van der Waals surface area contributed by atoms with Crippen LogP contribution in [0.3, 0.4) is 0 Å². The summed E-state index contributed by atoms with van der Waals surface area (Å²) in [7, 11) is -4.67. The first kappa shape index (κ1) is 13.1. The maximum Gasteiger partial charge on any atom is 0.394 e. The van der Waals surface area contributed by atoms with Crippen LogP contribution in [0.15, 0.2) is 23.9 Å². The second kappa shape index (κ2) is 4.53. The van der Waals surface area contributed by atoms with Gasteiger partial charge in [-0.1, -0.05) is 6.08 Å². The minimum Gasteiger partial charge on any atom is -0.399 e. The lowest BCUT2D eigenvalue weighted by molar-refractivity contribution is 0.100. The summed E-state index contributed by atoms with van der Waals surface area (Å²) in [5.74, 6) is 0. The Labute approximate surface area is 81.3 Å². The summed E-state index contributed by atoms with van der Waals surface area (Å²) in [6.07, 6.45) is 5.18. The average Bonchev–Trinajstić information content (AvgIpc) is 1.92. The van der Waals surface area contributed by atoms with Gasteiger partial charge in [-0.3, -0.25) is 9.11 Å². The van der Waals surface area contributed by atoms with Crippen LogP contribution in [-0.4, -0.2) is 28.4 Å². The molecule has 0 aliphatic heterocycles. The Morgan fingerprint density at radius 3 is 2.07 bits per heavy atom. The zero-order chi connectivity index (χ0) is 11.4. The van der Waals surface area contributed by atoms with Gasteiger partial charge in [-0.2, -0.15) is 8.42 Å². The van der Waals surface area contributed by atoms with Crippen molar-refractivity contribution >= 4 is 10.4 Å². The highest BCUT2D eigenvalue weighted by Gasteiger charge is 2.17. The second-order valence-electron chi connectivity index (χ2n) is 2.68. The van der Waals surface area contributed by atoms with Crippen molar-refractivity contribution in [1.82, 2.24) is 0 Å². The van der Waals surface area contributed by atoms with Crippen LogP contribution in [0.25, 0.3) is 0 Å². The van der Waals surface area contributed by atoms with Crippen LogP contribution >= 0.6 is 0 Å². The zero-order valence-electron chi connectivity index (χ0n) is 7.16. The van der Waals surface area contributed by atoms with E-state index in [-0.39, 0.29) is 0 Å². The second-order valence-corrected chi connectivity index (χ2v) is 3.58. The molecule has 0 spiro atoms. The Morgan fingerprint density at radius 1 is 1.43 bits per heavy atom. The molecule has 0 heterocycles. The van der Waals surface area contributed by atoms with E-state index in [1.807, 2.05) is 0 Å². The van der Waals surface area contributed by atoms with Crippen molar-refractivity contribution in [2.24, 2.45) is 11.5 Å². The van der Waals surface area contributed by atoms with Gasteiger partial charge in [0, 0.05) is 12.1 Å². The highest BCUT2D eigenvalue weighted by molar-refractivity contribution is 7.79. The first-order chi connectivity index (χ1) is 6.10. The maximum absolute atomic E-state index is 9.08. The number of nitrogens with two attached hydrogens (primary N) is 2. The van der Waals surface area contributed by atoms with E-state index in [0.717, 1.165) is 0 Å². The largest absolute Gasteiger partial charge is 0.399 e. The van der Waals surface area contributed by atoms with Gasteiger partial charge >= 0.3 is 10.4 Å². The first-order valence-electron chi connectivity index (χ1n) is 3.46. The van der Waals surface area contributed by atoms with E-state index < -0.39 is 16.1 Å². The van der Waals surface area contributed by atoms with Crippen LogP contribution in [0.5, 0.6) is 0 Å². The highest BCUT2D eigenvalue weighted by Crippen LogP contribution is 2.11. The third-order valence-corrected chi connectivity index (χ3v) is 1.23. The Kier molecular flexibility index (Phi) is 4.23. The predicted molar refractivity (Wildman–Crippen MR) is 49.3 cm³/mol. The molecule has 0 amide bonds. The third kappa shape index (κ3) is 9.16. The monoisotopic (exact) mass is 224 g/mol. The molecule has 1 aliphatic rings. The normalized spacial score (nSPS) is 26.1. The molecule has 0 saturated carbocycles. The lowest BCUT2D eigenvalue weighted by Crippen LogP contribution is -2.37. The van der Waals surface area contributed by atoms with Gasteiger partial charge in [-0.15, -0.1) is 0 Å². The van der Waals surface area contributed by atoms with Crippen molar-refractivity contribution in [3.63, 3.8) is 0 Å². The molecule has 0 saturated heterocycles. The lowest BCUT2D eigenvalue weighted by Gasteiger charge is -2.19. The topological polar surface area (TPSA) is 147 Å². The molecule has 0 fully saturated rings. The quantitative estimate of drug-likeness (QED) is 0.256. The number of allylic oxidation sites excluding steroid dienone is 1. The van der Waals surface area contributed by atoms with Gasteiger partial charge in [0.05, 0.1) is 0 Å². The van der Waals surface area contributed by atoms with Crippen LogP contribution in [0.1, 0.15) is 6.42 Å². The molecule has 7 nitrogen and oxygen atoms in total. The molecule has 0 aromatic heterocycles. The van der Waals surface area contributed by atoms with Crippen molar-refractivity contribution in [3.05, 3.63) is 23.9 Å². The van der Waals surface area contributed by atoms with Crippen molar-refractivity contribution in [2.75, 3.05) is 0 Å².